The van der Waals surface area contributed by atoms with Crippen molar-refractivity contribution in [3.05, 3.63) is 29.8 Å². The molecule has 136 valence electrons. The summed E-state index contributed by atoms with van der Waals surface area (Å²) in [6.07, 6.45) is 0. The molecule has 0 heterocycles. The highest BCUT2D eigenvalue weighted by Gasteiger charge is 2.33. The first-order chi connectivity index (χ1) is 11.6. The second-order valence-corrected chi connectivity index (χ2v) is 6.49. The van der Waals surface area contributed by atoms with Gasteiger partial charge in [0.2, 0.25) is 0 Å². The van der Waals surface area contributed by atoms with Crippen LogP contribution in [0.2, 0.25) is 0 Å². The molecule has 1 aromatic carbocycles. The van der Waals surface area contributed by atoms with E-state index in [1.54, 1.807) is 38.1 Å². The fraction of sp³-hybridized carbons (Fsp3) is 0.444. The number of carbonyl (C=O) groups is 2. The molecule has 7 nitrogen and oxygen atoms in total. The van der Waals surface area contributed by atoms with Crippen molar-refractivity contribution in [3.63, 3.8) is 0 Å². The number of rotatable bonds is 6. The van der Waals surface area contributed by atoms with Crippen molar-refractivity contribution < 1.29 is 19.5 Å². The molecule has 0 fully saturated rings. The van der Waals surface area contributed by atoms with Gasteiger partial charge in [-0.1, -0.05) is 25.7 Å². The zero-order valence-electron chi connectivity index (χ0n) is 14.9. The zero-order chi connectivity index (χ0) is 19.0. The maximum Gasteiger partial charge on any atom is 0.267 e. The molecule has 0 saturated carbocycles. The Morgan fingerprint density at radius 2 is 1.88 bits per heavy atom. The SMILES string of the molecule is CC(C)C#CCOc1ccc(C(=O)N[C@H](C(=O)NO)C(C)(C)N)cc1. The van der Waals surface area contributed by atoms with Crippen molar-refractivity contribution in [3.8, 4) is 17.6 Å². The van der Waals surface area contributed by atoms with Crippen LogP contribution in [-0.4, -0.2) is 35.2 Å². The topological polar surface area (TPSA) is 114 Å². The minimum absolute atomic E-state index is 0.268. The van der Waals surface area contributed by atoms with Crippen LogP contribution >= 0.6 is 0 Å². The van der Waals surface area contributed by atoms with Gasteiger partial charge >= 0.3 is 0 Å². The summed E-state index contributed by atoms with van der Waals surface area (Å²) in [5.41, 5.74) is 6.66. The largest absolute Gasteiger partial charge is 0.481 e. The van der Waals surface area contributed by atoms with Gasteiger partial charge < -0.3 is 15.8 Å². The maximum absolute atomic E-state index is 12.3. The number of ether oxygens (including phenoxy) is 1. The van der Waals surface area contributed by atoms with Crippen LogP contribution in [0, 0.1) is 17.8 Å². The van der Waals surface area contributed by atoms with E-state index in [0.29, 0.717) is 11.3 Å². The summed E-state index contributed by atoms with van der Waals surface area (Å²) in [7, 11) is 0. The Labute approximate surface area is 147 Å². The monoisotopic (exact) mass is 347 g/mol. The Hall–Kier alpha value is -2.56. The van der Waals surface area contributed by atoms with Gasteiger partial charge in [-0.05, 0) is 38.1 Å². The number of amides is 2. The first-order valence-electron chi connectivity index (χ1n) is 7.90. The van der Waals surface area contributed by atoms with Gasteiger partial charge in [0.25, 0.3) is 11.8 Å². The first-order valence-corrected chi connectivity index (χ1v) is 7.90. The van der Waals surface area contributed by atoms with Crippen molar-refractivity contribution in [1.82, 2.24) is 10.8 Å². The van der Waals surface area contributed by atoms with Crippen LogP contribution in [0.4, 0.5) is 0 Å². The van der Waals surface area contributed by atoms with Crippen LogP contribution in [0.15, 0.2) is 24.3 Å². The van der Waals surface area contributed by atoms with Crippen LogP contribution in [0.5, 0.6) is 5.75 Å². The molecule has 1 atom stereocenters. The smallest absolute Gasteiger partial charge is 0.267 e. The van der Waals surface area contributed by atoms with Gasteiger partial charge in [-0.25, -0.2) is 5.48 Å². The number of hydrogen-bond acceptors (Lipinski definition) is 5. The van der Waals surface area contributed by atoms with Crippen molar-refractivity contribution >= 4 is 11.8 Å². The van der Waals surface area contributed by atoms with E-state index >= 15 is 0 Å². The Morgan fingerprint density at radius 1 is 1.28 bits per heavy atom. The Kier molecular flexibility index (Phi) is 7.43. The van der Waals surface area contributed by atoms with Crippen LogP contribution in [0.25, 0.3) is 0 Å². The third-order valence-electron chi connectivity index (χ3n) is 3.21. The van der Waals surface area contributed by atoms with E-state index in [0.717, 1.165) is 0 Å². The molecular weight excluding hydrogens is 322 g/mol. The summed E-state index contributed by atoms with van der Waals surface area (Å²) in [4.78, 5) is 24.0. The van der Waals surface area contributed by atoms with Crippen molar-refractivity contribution in [1.29, 1.82) is 0 Å². The Balaban J connectivity index is 2.73. The highest BCUT2D eigenvalue weighted by molar-refractivity contribution is 5.97. The lowest BCUT2D eigenvalue weighted by Crippen LogP contribution is -2.61. The summed E-state index contributed by atoms with van der Waals surface area (Å²) < 4.78 is 5.46. The van der Waals surface area contributed by atoms with E-state index in [4.69, 9.17) is 15.7 Å². The molecule has 25 heavy (non-hydrogen) atoms. The average molecular weight is 347 g/mol. The molecule has 1 rings (SSSR count). The van der Waals surface area contributed by atoms with Gasteiger partial charge in [-0.3, -0.25) is 14.8 Å². The highest BCUT2D eigenvalue weighted by Crippen LogP contribution is 2.13. The van der Waals surface area contributed by atoms with Gasteiger partial charge in [-0.2, -0.15) is 0 Å². The van der Waals surface area contributed by atoms with Crippen LogP contribution in [0.3, 0.4) is 0 Å². The molecule has 2 amide bonds. The molecular formula is C18H25N3O4. The molecule has 0 aromatic heterocycles. The van der Waals surface area contributed by atoms with E-state index in [1.807, 2.05) is 13.8 Å². The molecule has 0 bridgehead atoms. The third-order valence-corrected chi connectivity index (χ3v) is 3.21. The molecule has 0 unspecified atom stereocenters. The fourth-order valence-electron chi connectivity index (χ4n) is 1.94. The first kappa shape index (κ1) is 20.5. The quantitative estimate of drug-likeness (QED) is 0.349. The number of carbonyl (C=O) groups excluding carboxylic acids is 2. The number of hydrogen-bond donors (Lipinski definition) is 4. The van der Waals surface area contributed by atoms with Crippen molar-refractivity contribution in [2.75, 3.05) is 6.61 Å². The molecule has 0 aliphatic rings. The van der Waals surface area contributed by atoms with Crippen LogP contribution in [-0.2, 0) is 4.79 Å². The summed E-state index contributed by atoms with van der Waals surface area (Å²) in [5, 5.41) is 11.3. The summed E-state index contributed by atoms with van der Waals surface area (Å²) in [5.74, 6) is 5.48. The lowest BCUT2D eigenvalue weighted by molar-refractivity contribution is -0.132. The van der Waals surface area contributed by atoms with Gasteiger partial charge in [0.1, 0.15) is 18.4 Å². The highest BCUT2D eigenvalue weighted by atomic mass is 16.5. The molecule has 0 aliphatic carbocycles. The molecule has 0 spiro atoms. The lowest BCUT2D eigenvalue weighted by Gasteiger charge is -2.29. The minimum Gasteiger partial charge on any atom is -0.481 e. The molecule has 0 aliphatic heterocycles. The number of nitrogens with two attached hydrogens (primary N) is 1. The van der Waals surface area contributed by atoms with Crippen LogP contribution in [0.1, 0.15) is 38.1 Å². The summed E-state index contributed by atoms with van der Waals surface area (Å²) >= 11 is 0. The standard InChI is InChI=1S/C18H25N3O4/c1-12(2)6-5-11-25-14-9-7-13(8-10-14)16(22)20-15(17(23)21-24)18(3,4)19/h7-10,12,15,24H,11,19H2,1-4H3,(H,20,22)(H,21,23)/t15-/m1/s1. The summed E-state index contributed by atoms with van der Waals surface area (Å²) in [6.45, 7) is 7.40. The van der Waals surface area contributed by atoms with Gasteiger partial charge in [0.05, 0.1) is 0 Å². The Bertz CT molecular complexity index is 652. The van der Waals surface area contributed by atoms with E-state index in [-0.39, 0.29) is 12.5 Å². The van der Waals surface area contributed by atoms with E-state index in [2.05, 4.69) is 17.2 Å². The second kappa shape index (κ2) is 9.06. The number of benzene rings is 1. The average Bonchev–Trinajstić information content (AvgIpc) is 2.55. The van der Waals surface area contributed by atoms with E-state index in [9.17, 15) is 9.59 Å². The third kappa shape index (κ3) is 6.83. The van der Waals surface area contributed by atoms with Crippen molar-refractivity contribution in [2.45, 2.75) is 39.3 Å². The molecule has 7 heteroatoms. The van der Waals surface area contributed by atoms with E-state index < -0.39 is 23.4 Å². The number of hydroxylamine groups is 1. The predicted octanol–water partition coefficient (Wildman–Crippen LogP) is 1.07. The normalized spacial score (nSPS) is 12.0. The predicted molar refractivity (Wildman–Crippen MR) is 94.0 cm³/mol. The molecule has 1 aromatic rings. The molecule has 5 N–H and O–H groups in total. The fourth-order valence-corrected chi connectivity index (χ4v) is 1.94. The summed E-state index contributed by atoms with van der Waals surface area (Å²) in [6, 6.07) is 5.32. The van der Waals surface area contributed by atoms with E-state index in [1.165, 1.54) is 5.48 Å². The molecule has 0 radical (unpaired) electrons. The second-order valence-electron chi connectivity index (χ2n) is 6.49. The van der Waals surface area contributed by atoms with Crippen molar-refractivity contribution in [2.24, 2.45) is 11.7 Å². The van der Waals surface area contributed by atoms with Gasteiger partial charge in [-0.15, -0.1) is 0 Å². The van der Waals surface area contributed by atoms with Gasteiger partial charge in [0, 0.05) is 17.0 Å². The molecule has 0 saturated heterocycles. The number of nitrogens with one attached hydrogen (secondary N) is 2. The Morgan fingerprint density at radius 3 is 2.36 bits per heavy atom. The van der Waals surface area contributed by atoms with Gasteiger partial charge in [0.15, 0.2) is 0 Å². The lowest BCUT2D eigenvalue weighted by atomic mass is 9.95. The minimum atomic E-state index is -1.09. The van der Waals surface area contributed by atoms with Crippen LogP contribution < -0.4 is 21.3 Å². The maximum atomic E-state index is 12.3. The zero-order valence-corrected chi connectivity index (χ0v) is 14.9.